The Kier molecular flexibility index (Phi) is 5.38. The van der Waals surface area contributed by atoms with E-state index >= 15 is 0 Å². The second-order valence-electron chi connectivity index (χ2n) is 6.62. The summed E-state index contributed by atoms with van der Waals surface area (Å²) in [6.07, 6.45) is 3.70. The molecule has 4 rings (SSSR count). The first-order valence-corrected chi connectivity index (χ1v) is 11.6. The molecule has 1 aliphatic heterocycles. The summed E-state index contributed by atoms with van der Waals surface area (Å²) in [6.45, 7) is 1.05. The van der Waals surface area contributed by atoms with E-state index in [1.807, 2.05) is 35.7 Å². The lowest BCUT2D eigenvalue weighted by Crippen LogP contribution is -2.37. The van der Waals surface area contributed by atoms with Crippen molar-refractivity contribution in [2.45, 2.75) is 25.0 Å². The third kappa shape index (κ3) is 4.21. The summed E-state index contributed by atoms with van der Waals surface area (Å²) in [6, 6.07) is 9.45. The molecule has 1 aromatic carbocycles. The molecule has 1 unspecified atom stereocenters. The number of aromatic nitrogens is 5. The lowest BCUT2D eigenvalue weighted by atomic mass is 9.99. The van der Waals surface area contributed by atoms with Crippen LogP contribution in [0.5, 0.6) is 5.75 Å². The van der Waals surface area contributed by atoms with E-state index < -0.39 is 16.3 Å². The van der Waals surface area contributed by atoms with Crippen LogP contribution in [-0.2, 0) is 10.0 Å². The van der Waals surface area contributed by atoms with Crippen LogP contribution >= 0.6 is 11.3 Å². The molecule has 0 saturated carbocycles. The molecule has 1 aliphatic rings. The predicted octanol–water partition coefficient (Wildman–Crippen LogP) is 1.89. The zero-order valence-corrected chi connectivity index (χ0v) is 16.9. The maximum atomic E-state index is 11.7. The van der Waals surface area contributed by atoms with Crippen molar-refractivity contribution in [2.75, 3.05) is 19.3 Å². The quantitative estimate of drug-likeness (QED) is 0.600. The summed E-state index contributed by atoms with van der Waals surface area (Å²) >= 11 is 1.56. The zero-order valence-electron chi connectivity index (χ0n) is 15.2. The molecule has 3 heterocycles. The Labute approximate surface area is 167 Å². The molecule has 0 amide bonds. The predicted molar refractivity (Wildman–Crippen MR) is 104 cm³/mol. The highest BCUT2D eigenvalue weighted by Gasteiger charge is 2.29. The van der Waals surface area contributed by atoms with Gasteiger partial charge < -0.3 is 4.74 Å². The van der Waals surface area contributed by atoms with E-state index in [2.05, 4.69) is 15.5 Å². The molecule has 11 heteroatoms. The van der Waals surface area contributed by atoms with E-state index in [0.717, 1.165) is 23.5 Å². The van der Waals surface area contributed by atoms with Crippen LogP contribution in [0.15, 0.2) is 42.0 Å². The first-order chi connectivity index (χ1) is 13.5. The maximum Gasteiger partial charge on any atom is 0.238 e. The molecule has 1 fully saturated rings. The van der Waals surface area contributed by atoms with Gasteiger partial charge in [0.25, 0.3) is 0 Å². The van der Waals surface area contributed by atoms with Gasteiger partial charge in [0.1, 0.15) is 17.8 Å². The number of hydrogen-bond acceptors (Lipinski definition) is 8. The fourth-order valence-electron chi connectivity index (χ4n) is 3.19. The first-order valence-electron chi connectivity index (χ1n) is 8.85. The van der Waals surface area contributed by atoms with Crippen LogP contribution in [0.25, 0.3) is 0 Å². The smallest absolute Gasteiger partial charge is 0.238 e. The Morgan fingerprint density at radius 2 is 1.96 bits per heavy atom. The Balaban J connectivity index is 1.52. The van der Waals surface area contributed by atoms with Crippen molar-refractivity contribution in [3.63, 3.8) is 0 Å². The maximum absolute atomic E-state index is 11.7. The third-order valence-electron chi connectivity index (χ3n) is 4.66. The van der Waals surface area contributed by atoms with E-state index in [1.165, 1.54) is 21.6 Å². The van der Waals surface area contributed by atoms with E-state index in [9.17, 15) is 8.42 Å². The molecule has 1 atom stereocenters. The fraction of sp³-hybridized carbons (Fsp3) is 0.412. The Hall–Kier alpha value is -2.37. The molecule has 0 radical (unpaired) electrons. The van der Waals surface area contributed by atoms with Gasteiger partial charge in [-0.1, -0.05) is 18.2 Å². The first kappa shape index (κ1) is 19.0. The number of para-hydroxylation sites is 1. The van der Waals surface area contributed by atoms with Gasteiger partial charge in [-0.3, -0.25) is 0 Å². The molecule has 0 bridgehead atoms. The Morgan fingerprint density at radius 3 is 2.61 bits per heavy atom. The van der Waals surface area contributed by atoms with Crippen LogP contribution in [0.2, 0.25) is 0 Å². The van der Waals surface area contributed by atoms with Crippen LogP contribution < -0.4 is 4.74 Å². The lowest BCUT2D eigenvalue weighted by molar-refractivity contribution is 0.152. The van der Waals surface area contributed by atoms with Gasteiger partial charge in [-0.2, -0.15) is 4.68 Å². The SMILES string of the molecule is CS(=O)(=O)N1CCC(c2nc(C(Oc3ccccc3)n3cnnn3)cs2)CC1. The topological polar surface area (TPSA) is 103 Å². The van der Waals surface area contributed by atoms with E-state index in [4.69, 9.17) is 9.72 Å². The van der Waals surface area contributed by atoms with Gasteiger partial charge in [-0.15, -0.1) is 16.4 Å². The summed E-state index contributed by atoms with van der Waals surface area (Å²) < 4.78 is 32.5. The molecular formula is C17H20N6O3S2. The van der Waals surface area contributed by atoms with Crippen molar-refractivity contribution in [3.8, 4) is 5.75 Å². The van der Waals surface area contributed by atoms with Gasteiger partial charge in [0.05, 0.1) is 11.3 Å². The van der Waals surface area contributed by atoms with Crippen molar-refractivity contribution in [2.24, 2.45) is 0 Å². The van der Waals surface area contributed by atoms with Crippen molar-refractivity contribution in [1.29, 1.82) is 0 Å². The molecule has 0 aliphatic carbocycles. The molecule has 148 valence electrons. The minimum Gasteiger partial charge on any atom is -0.463 e. The molecule has 0 spiro atoms. The van der Waals surface area contributed by atoms with Gasteiger partial charge >= 0.3 is 0 Å². The van der Waals surface area contributed by atoms with Gasteiger partial charge in [0.2, 0.25) is 16.3 Å². The van der Waals surface area contributed by atoms with E-state index in [0.29, 0.717) is 18.8 Å². The monoisotopic (exact) mass is 420 g/mol. The largest absolute Gasteiger partial charge is 0.463 e. The number of nitrogens with zero attached hydrogens (tertiary/aromatic N) is 6. The molecule has 28 heavy (non-hydrogen) atoms. The van der Waals surface area contributed by atoms with Gasteiger partial charge in [-0.05, 0) is 35.4 Å². The highest BCUT2D eigenvalue weighted by atomic mass is 32.2. The van der Waals surface area contributed by atoms with Gasteiger partial charge in [0.15, 0.2) is 0 Å². The Bertz CT molecular complexity index is 999. The van der Waals surface area contributed by atoms with Gasteiger partial charge in [0, 0.05) is 24.4 Å². The summed E-state index contributed by atoms with van der Waals surface area (Å²) in [4.78, 5) is 4.78. The lowest BCUT2D eigenvalue weighted by Gasteiger charge is -2.29. The van der Waals surface area contributed by atoms with Crippen molar-refractivity contribution >= 4 is 21.4 Å². The second kappa shape index (κ2) is 7.94. The van der Waals surface area contributed by atoms with Crippen molar-refractivity contribution < 1.29 is 13.2 Å². The summed E-state index contributed by atoms with van der Waals surface area (Å²) in [5, 5.41) is 14.3. The minimum atomic E-state index is -3.13. The number of sulfonamides is 1. The van der Waals surface area contributed by atoms with Crippen LogP contribution in [0.4, 0.5) is 0 Å². The minimum absolute atomic E-state index is 0.239. The van der Waals surface area contributed by atoms with Crippen LogP contribution in [0.3, 0.4) is 0 Å². The number of ether oxygens (including phenoxy) is 1. The number of hydrogen-bond donors (Lipinski definition) is 0. The summed E-state index contributed by atoms with van der Waals surface area (Å²) in [7, 11) is -3.13. The normalized spacial score (nSPS) is 17.5. The molecule has 9 nitrogen and oxygen atoms in total. The Morgan fingerprint density at radius 1 is 1.21 bits per heavy atom. The molecule has 0 N–H and O–H groups in total. The standard InChI is InChI=1S/C17H20N6O3S2/c1-28(24,25)22-9-7-13(8-10-22)16-19-15(11-27-16)17(23-12-18-20-21-23)26-14-5-3-2-4-6-14/h2-6,11-13,17H,7-10H2,1H3. The van der Waals surface area contributed by atoms with Crippen LogP contribution in [0, 0.1) is 0 Å². The number of rotatable bonds is 6. The highest BCUT2D eigenvalue weighted by Crippen LogP contribution is 2.33. The van der Waals surface area contributed by atoms with Gasteiger partial charge in [-0.25, -0.2) is 17.7 Å². The fourth-order valence-corrected chi connectivity index (χ4v) is 5.06. The zero-order chi connectivity index (χ0) is 19.6. The number of tetrazole rings is 1. The van der Waals surface area contributed by atoms with Crippen molar-refractivity contribution in [3.05, 3.63) is 52.7 Å². The van der Waals surface area contributed by atoms with Crippen molar-refractivity contribution in [1.82, 2.24) is 29.5 Å². The second-order valence-corrected chi connectivity index (χ2v) is 9.49. The molecule has 2 aromatic heterocycles. The summed E-state index contributed by atoms with van der Waals surface area (Å²) in [5.41, 5.74) is 0.724. The molecule has 1 saturated heterocycles. The molecular weight excluding hydrogens is 400 g/mol. The number of piperidine rings is 1. The molecule has 3 aromatic rings. The average Bonchev–Trinajstić information content (AvgIpc) is 3.39. The van der Waals surface area contributed by atoms with E-state index in [1.54, 1.807) is 11.3 Å². The highest BCUT2D eigenvalue weighted by molar-refractivity contribution is 7.88. The number of thiazole rings is 1. The average molecular weight is 421 g/mol. The van der Waals surface area contributed by atoms with Crippen LogP contribution in [-0.4, -0.2) is 57.3 Å². The van der Waals surface area contributed by atoms with E-state index in [-0.39, 0.29) is 5.92 Å². The van der Waals surface area contributed by atoms with Crippen LogP contribution in [0.1, 0.15) is 35.7 Å². The third-order valence-corrected chi connectivity index (χ3v) is 6.99. The number of benzene rings is 1. The summed E-state index contributed by atoms with van der Waals surface area (Å²) in [5.74, 6) is 0.932.